The van der Waals surface area contributed by atoms with Gasteiger partial charge in [-0.3, -0.25) is 10.2 Å². The lowest BCUT2D eigenvalue weighted by Gasteiger charge is -2.26. The van der Waals surface area contributed by atoms with Gasteiger partial charge in [-0.15, -0.1) is 0 Å². The number of nitrogens with one attached hydrogen (secondary N) is 1. The summed E-state index contributed by atoms with van der Waals surface area (Å²) in [4.78, 5) is 6.62. The molecule has 1 aliphatic heterocycles. The van der Waals surface area contributed by atoms with Crippen molar-refractivity contribution in [3.63, 3.8) is 0 Å². The Morgan fingerprint density at radius 2 is 2.19 bits per heavy atom. The Kier molecular flexibility index (Phi) is 7.12. The molecule has 1 fully saturated rings. The lowest BCUT2D eigenvalue weighted by Crippen LogP contribution is -2.37. The maximum atomic E-state index is 5.29. The Morgan fingerprint density at radius 1 is 1.44 bits per heavy atom. The zero-order valence-electron chi connectivity index (χ0n) is 10.4. The molecule has 0 radical (unpaired) electrons. The topological polar surface area (TPSA) is 46.1 Å². The fourth-order valence-electron chi connectivity index (χ4n) is 1.56. The van der Waals surface area contributed by atoms with Gasteiger partial charge in [-0.05, 0) is 19.5 Å². The van der Waals surface area contributed by atoms with E-state index >= 15 is 0 Å². The molecule has 94 valence electrons. The van der Waals surface area contributed by atoms with Crippen molar-refractivity contribution in [2.45, 2.75) is 13.3 Å². The second-order valence-corrected chi connectivity index (χ2v) is 3.85. The molecule has 0 saturated carbocycles. The third kappa shape index (κ3) is 6.05. The summed E-state index contributed by atoms with van der Waals surface area (Å²) in [6.45, 7) is 8.54. The lowest BCUT2D eigenvalue weighted by molar-refractivity contribution is 0.0375. The second kappa shape index (κ2) is 8.50. The molecule has 0 aromatic carbocycles. The number of methoxy groups -OCH3 is 1. The van der Waals surface area contributed by atoms with Crippen molar-refractivity contribution < 1.29 is 9.47 Å². The van der Waals surface area contributed by atoms with Crippen molar-refractivity contribution in [2.24, 2.45) is 4.99 Å². The van der Waals surface area contributed by atoms with Crippen LogP contribution in [0.2, 0.25) is 0 Å². The molecule has 0 amide bonds. The highest BCUT2D eigenvalue weighted by Crippen LogP contribution is 1.97. The van der Waals surface area contributed by atoms with E-state index < -0.39 is 0 Å². The maximum absolute atomic E-state index is 5.29. The molecule has 0 bridgehead atoms. The van der Waals surface area contributed by atoms with E-state index in [4.69, 9.17) is 9.47 Å². The molecule has 0 aromatic rings. The highest BCUT2D eigenvalue weighted by atomic mass is 16.5. The van der Waals surface area contributed by atoms with Crippen LogP contribution in [0, 0.1) is 0 Å². The normalized spacial score (nSPS) is 18.8. The number of hydrogen-bond acceptors (Lipinski definition) is 5. The van der Waals surface area contributed by atoms with Gasteiger partial charge in [0.25, 0.3) is 0 Å². The first kappa shape index (κ1) is 13.4. The Hall–Kier alpha value is -0.650. The predicted octanol–water partition coefficient (Wildman–Crippen LogP) is 0.321. The van der Waals surface area contributed by atoms with Crippen LogP contribution in [0.5, 0.6) is 0 Å². The molecule has 5 nitrogen and oxygen atoms in total. The van der Waals surface area contributed by atoms with Crippen LogP contribution in [-0.2, 0) is 9.47 Å². The number of aliphatic imine (C=N–C) groups is 1. The van der Waals surface area contributed by atoms with Gasteiger partial charge < -0.3 is 9.47 Å². The predicted molar refractivity (Wildman–Crippen MR) is 64.9 cm³/mol. The molecule has 0 unspecified atom stereocenters. The minimum absolute atomic E-state index is 0.642. The zero-order valence-corrected chi connectivity index (χ0v) is 10.4. The number of ether oxygens (including phenoxy) is 2. The number of hydrogen-bond donors (Lipinski definition) is 1. The van der Waals surface area contributed by atoms with Crippen molar-refractivity contribution in [3.8, 4) is 0 Å². The number of nitrogens with zero attached hydrogens (tertiary/aromatic N) is 2. The Bertz CT molecular complexity index is 203. The van der Waals surface area contributed by atoms with Crippen molar-refractivity contribution in [3.05, 3.63) is 0 Å². The molecule has 16 heavy (non-hydrogen) atoms. The van der Waals surface area contributed by atoms with Gasteiger partial charge in [-0.25, -0.2) is 4.99 Å². The Morgan fingerprint density at radius 3 is 2.88 bits per heavy atom. The molecule has 1 N–H and O–H groups in total. The van der Waals surface area contributed by atoms with Crippen LogP contribution < -0.4 is 5.32 Å². The zero-order chi connectivity index (χ0) is 11.6. The first-order valence-corrected chi connectivity index (χ1v) is 5.89. The van der Waals surface area contributed by atoms with Crippen LogP contribution in [-0.4, -0.2) is 64.0 Å². The molecule has 1 aliphatic rings. The molecule has 5 heteroatoms. The minimum Gasteiger partial charge on any atom is -0.484 e. The second-order valence-electron chi connectivity index (χ2n) is 3.85. The summed E-state index contributed by atoms with van der Waals surface area (Å²) < 4.78 is 10.2. The molecule has 1 heterocycles. The number of rotatable bonds is 6. The first-order chi connectivity index (χ1) is 7.83. The van der Waals surface area contributed by atoms with Crippen LogP contribution in [0.3, 0.4) is 0 Å². The summed E-state index contributed by atoms with van der Waals surface area (Å²) in [6.07, 6.45) is 1.15. The first-order valence-electron chi connectivity index (χ1n) is 5.89. The summed E-state index contributed by atoms with van der Waals surface area (Å²) in [5.41, 5.74) is 0. The lowest BCUT2D eigenvalue weighted by atomic mass is 10.3. The van der Waals surface area contributed by atoms with Crippen LogP contribution >= 0.6 is 0 Å². The summed E-state index contributed by atoms with van der Waals surface area (Å²) in [6, 6.07) is 0. The van der Waals surface area contributed by atoms with Gasteiger partial charge in [0.15, 0.2) is 5.90 Å². The standard InChI is InChI=1S/C11H23N3O2/c1-11(15-2)13-10-12-4-3-5-14-6-8-16-9-7-14/h12H,3-10H2,1-2H3/b13-11+. The molecule has 1 saturated heterocycles. The average Bonchev–Trinajstić information content (AvgIpc) is 2.34. The van der Waals surface area contributed by atoms with Gasteiger partial charge in [-0.2, -0.15) is 0 Å². The van der Waals surface area contributed by atoms with Crippen LogP contribution in [0.15, 0.2) is 4.99 Å². The molecule has 0 aromatic heterocycles. The van der Waals surface area contributed by atoms with E-state index in [1.165, 1.54) is 0 Å². The summed E-state index contributed by atoms with van der Waals surface area (Å²) in [5.74, 6) is 0.723. The van der Waals surface area contributed by atoms with E-state index in [0.29, 0.717) is 6.67 Å². The Balaban J connectivity index is 1.91. The van der Waals surface area contributed by atoms with Gasteiger partial charge in [0.1, 0.15) is 0 Å². The number of morpholine rings is 1. The highest BCUT2D eigenvalue weighted by Gasteiger charge is 2.08. The third-order valence-corrected chi connectivity index (χ3v) is 2.64. The molecule has 0 spiro atoms. The maximum Gasteiger partial charge on any atom is 0.180 e. The van der Waals surface area contributed by atoms with Gasteiger partial charge in [0.2, 0.25) is 0 Å². The van der Waals surface area contributed by atoms with Gasteiger partial charge in [-0.1, -0.05) is 0 Å². The highest BCUT2D eigenvalue weighted by molar-refractivity contribution is 5.72. The quantitative estimate of drug-likeness (QED) is 0.405. The van der Waals surface area contributed by atoms with Gasteiger partial charge >= 0.3 is 0 Å². The van der Waals surface area contributed by atoms with Gasteiger partial charge in [0, 0.05) is 20.0 Å². The van der Waals surface area contributed by atoms with Crippen molar-refractivity contribution in [2.75, 3.05) is 53.2 Å². The van der Waals surface area contributed by atoms with Gasteiger partial charge in [0.05, 0.1) is 27.0 Å². The van der Waals surface area contributed by atoms with E-state index in [-0.39, 0.29) is 0 Å². The monoisotopic (exact) mass is 229 g/mol. The van der Waals surface area contributed by atoms with E-state index in [1.54, 1.807) is 7.11 Å². The van der Waals surface area contributed by atoms with E-state index in [9.17, 15) is 0 Å². The van der Waals surface area contributed by atoms with Crippen molar-refractivity contribution in [1.29, 1.82) is 0 Å². The smallest absolute Gasteiger partial charge is 0.180 e. The summed E-state index contributed by atoms with van der Waals surface area (Å²) in [7, 11) is 1.64. The van der Waals surface area contributed by atoms with E-state index in [0.717, 1.165) is 51.7 Å². The fourth-order valence-corrected chi connectivity index (χ4v) is 1.56. The summed E-state index contributed by atoms with van der Waals surface area (Å²) in [5, 5.41) is 3.26. The van der Waals surface area contributed by atoms with Crippen molar-refractivity contribution >= 4 is 5.90 Å². The molecular formula is C11H23N3O2. The Labute approximate surface area is 97.8 Å². The van der Waals surface area contributed by atoms with Crippen molar-refractivity contribution in [1.82, 2.24) is 10.2 Å². The van der Waals surface area contributed by atoms with Crippen LogP contribution in [0.1, 0.15) is 13.3 Å². The average molecular weight is 229 g/mol. The molecule has 1 rings (SSSR count). The van der Waals surface area contributed by atoms with E-state index in [1.807, 2.05) is 6.92 Å². The molecule has 0 atom stereocenters. The summed E-state index contributed by atoms with van der Waals surface area (Å²) >= 11 is 0. The minimum atomic E-state index is 0.642. The van der Waals surface area contributed by atoms with Crippen LogP contribution in [0.25, 0.3) is 0 Å². The fraction of sp³-hybridized carbons (Fsp3) is 0.909. The van der Waals surface area contributed by atoms with Crippen LogP contribution in [0.4, 0.5) is 0 Å². The molecule has 0 aliphatic carbocycles. The molecular weight excluding hydrogens is 206 g/mol. The largest absolute Gasteiger partial charge is 0.484 e. The third-order valence-electron chi connectivity index (χ3n) is 2.64. The van der Waals surface area contributed by atoms with E-state index in [2.05, 4.69) is 15.2 Å². The SMILES string of the molecule is CO/C(C)=N/CNCCCN1CCOCC1.